The molecule has 0 radical (unpaired) electrons. The summed E-state index contributed by atoms with van der Waals surface area (Å²) in [6.07, 6.45) is 4.87. The van der Waals surface area contributed by atoms with Gasteiger partial charge < -0.3 is 0 Å². The van der Waals surface area contributed by atoms with Gasteiger partial charge in [-0.05, 0) is 37.0 Å². The first-order chi connectivity index (χ1) is 12.2. The van der Waals surface area contributed by atoms with Crippen LogP contribution < -0.4 is 5.32 Å². The van der Waals surface area contributed by atoms with Gasteiger partial charge in [-0.1, -0.05) is 30.0 Å². The lowest BCUT2D eigenvalue weighted by Gasteiger charge is -2.05. The van der Waals surface area contributed by atoms with Gasteiger partial charge in [0.15, 0.2) is 0 Å². The number of imide groups is 1. The second-order valence-corrected chi connectivity index (χ2v) is 7.80. The Balaban J connectivity index is 1.46. The van der Waals surface area contributed by atoms with Crippen molar-refractivity contribution >= 4 is 45.1 Å². The van der Waals surface area contributed by atoms with Crippen molar-refractivity contribution in [1.82, 2.24) is 15.3 Å². The minimum absolute atomic E-state index is 0.148. The molecular formula is C18H15N3O2S2. The Hall–Kier alpha value is -2.25. The molecular weight excluding hydrogens is 354 g/mol. The van der Waals surface area contributed by atoms with Gasteiger partial charge in [0.05, 0.1) is 5.75 Å². The first-order valence-electron chi connectivity index (χ1n) is 7.99. The number of rotatable bonds is 4. The van der Waals surface area contributed by atoms with Crippen molar-refractivity contribution in [3.05, 3.63) is 52.7 Å². The number of hydrogen-bond donors (Lipinski definition) is 1. The molecule has 0 atom stereocenters. The predicted octanol–water partition coefficient (Wildman–Crippen LogP) is 3.23. The molecule has 4 rings (SSSR count). The molecule has 5 nitrogen and oxygen atoms in total. The molecule has 1 aliphatic rings. The number of amides is 2. The Morgan fingerprint density at radius 1 is 1.16 bits per heavy atom. The molecule has 0 saturated heterocycles. The van der Waals surface area contributed by atoms with Crippen LogP contribution in [0.1, 0.15) is 27.2 Å². The van der Waals surface area contributed by atoms with E-state index in [-0.39, 0.29) is 17.6 Å². The number of hydrogen-bond acceptors (Lipinski definition) is 6. The minimum atomic E-state index is -0.379. The Kier molecular flexibility index (Phi) is 4.50. The zero-order valence-corrected chi connectivity index (χ0v) is 15.0. The van der Waals surface area contributed by atoms with Crippen LogP contribution in [0.3, 0.4) is 0 Å². The number of aromatic nitrogens is 2. The molecule has 2 amide bonds. The maximum atomic E-state index is 12.1. The number of aryl methyl sites for hydroxylation is 2. The molecule has 7 heteroatoms. The molecule has 0 saturated carbocycles. The average Bonchev–Trinajstić information content (AvgIpc) is 3.21. The minimum Gasteiger partial charge on any atom is -0.292 e. The molecule has 0 fully saturated rings. The zero-order valence-electron chi connectivity index (χ0n) is 13.3. The summed E-state index contributed by atoms with van der Waals surface area (Å²) in [5, 5.41) is 4.34. The SMILES string of the molecule is O=C(CSc1ncnc2sc3c(c12)CCC3)NC(=O)c1ccccc1. The highest BCUT2D eigenvalue weighted by atomic mass is 32.2. The lowest BCUT2D eigenvalue weighted by atomic mass is 10.2. The summed E-state index contributed by atoms with van der Waals surface area (Å²) in [4.78, 5) is 35.2. The predicted molar refractivity (Wildman–Crippen MR) is 99.1 cm³/mol. The van der Waals surface area contributed by atoms with Crippen molar-refractivity contribution in [2.75, 3.05) is 5.75 Å². The highest BCUT2D eigenvalue weighted by molar-refractivity contribution is 8.00. The summed E-state index contributed by atoms with van der Waals surface area (Å²) in [6, 6.07) is 8.72. The molecule has 0 unspecified atom stereocenters. The van der Waals surface area contributed by atoms with Gasteiger partial charge >= 0.3 is 0 Å². The summed E-state index contributed by atoms with van der Waals surface area (Å²) in [7, 11) is 0. The quantitative estimate of drug-likeness (QED) is 0.565. The maximum absolute atomic E-state index is 12.1. The molecule has 2 heterocycles. The Bertz CT molecular complexity index is 954. The van der Waals surface area contributed by atoms with Gasteiger partial charge in [0, 0.05) is 15.8 Å². The van der Waals surface area contributed by atoms with Gasteiger partial charge in [-0.2, -0.15) is 0 Å². The van der Waals surface area contributed by atoms with Gasteiger partial charge in [-0.3, -0.25) is 14.9 Å². The number of thiophene rings is 1. The van der Waals surface area contributed by atoms with Crippen LogP contribution in [0.25, 0.3) is 10.2 Å². The van der Waals surface area contributed by atoms with Crippen LogP contribution in [0, 0.1) is 0 Å². The fraction of sp³-hybridized carbons (Fsp3) is 0.222. The van der Waals surface area contributed by atoms with Crippen LogP contribution in [-0.4, -0.2) is 27.5 Å². The van der Waals surface area contributed by atoms with E-state index in [0.717, 1.165) is 28.1 Å². The number of carbonyl (C=O) groups is 2. The number of fused-ring (bicyclic) bond motifs is 3. The topological polar surface area (TPSA) is 72.0 Å². The Morgan fingerprint density at radius 2 is 2.00 bits per heavy atom. The third kappa shape index (κ3) is 3.29. The van der Waals surface area contributed by atoms with Crippen LogP contribution in [-0.2, 0) is 17.6 Å². The molecule has 1 aliphatic carbocycles. The molecule has 1 aromatic carbocycles. The van der Waals surface area contributed by atoms with E-state index in [4.69, 9.17) is 0 Å². The lowest BCUT2D eigenvalue weighted by Crippen LogP contribution is -2.31. The zero-order chi connectivity index (χ0) is 17.2. The lowest BCUT2D eigenvalue weighted by molar-refractivity contribution is -0.117. The third-order valence-corrected chi connectivity index (χ3v) is 6.28. The van der Waals surface area contributed by atoms with E-state index in [2.05, 4.69) is 15.3 Å². The van der Waals surface area contributed by atoms with Gasteiger partial charge in [0.1, 0.15) is 16.2 Å². The third-order valence-electron chi connectivity index (χ3n) is 4.10. The van der Waals surface area contributed by atoms with E-state index in [1.807, 2.05) is 6.07 Å². The summed E-state index contributed by atoms with van der Waals surface area (Å²) < 4.78 is 0. The van der Waals surface area contributed by atoms with Crippen molar-refractivity contribution in [1.29, 1.82) is 0 Å². The van der Waals surface area contributed by atoms with Crippen LogP contribution >= 0.6 is 23.1 Å². The highest BCUT2D eigenvalue weighted by Crippen LogP contribution is 2.39. The number of nitrogens with one attached hydrogen (secondary N) is 1. The molecule has 25 heavy (non-hydrogen) atoms. The van der Waals surface area contributed by atoms with E-state index < -0.39 is 0 Å². The Morgan fingerprint density at radius 3 is 2.84 bits per heavy atom. The van der Waals surface area contributed by atoms with Crippen LogP contribution in [0.15, 0.2) is 41.7 Å². The summed E-state index contributed by atoms with van der Waals surface area (Å²) in [6.45, 7) is 0. The summed E-state index contributed by atoms with van der Waals surface area (Å²) in [5.41, 5.74) is 1.81. The average molecular weight is 369 g/mol. The van der Waals surface area contributed by atoms with Crippen LogP contribution in [0.2, 0.25) is 0 Å². The van der Waals surface area contributed by atoms with Gasteiger partial charge in [0.2, 0.25) is 5.91 Å². The normalized spacial score (nSPS) is 13.0. The highest BCUT2D eigenvalue weighted by Gasteiger charge is 2.21. The number of nitrogens with zero attached hydrogens (tertiary/aromatic N) is 2. The number of benzene rings is 1. The van der Waals surface area contributed by atoms with Crippen molar-refractivity contribution in [2.24, 2.45) is 0 Å². The van der Waals surface area contributed by atoms with Gasteiger partial charge in [-0.15, -0.1) is 11.3 Å². The van der Waals surface area contributed by atoms with Gasteiger partial charge in [0.25, 0.3) is 5.91 Å². The first-order valence-corrected chi connectivity index (χ1v) is 9.80. The first kappa shape index (κ1) is 16.2. The van der Waals surface area contributed by atoms with Crippen molar-refractivity contribution < 1.29 is 9.59 Å². The standard InChI is InChI=1S/C18H15N3O2S2/c22-14(21-16(23)11-5-2-1-3-6-11)9-24-17-15-12-7-4-8-13(12)25-18(15)20-10-19-17/h1-3,5-6,10H,4,7-9H2,(H,21,22,23). The van der Waals surface area contributed by atoms with Crippen molar-refractivity contribution in [2.45, 2.75) is 24.3 Å². The monoisotopic (exact) mass is 369 g/mol. The second-order valence-electron chi connectivity index (χ2n) is 5.75. The molecule has 0 spiro atoms. The number of carbonyl (C=O) groups excluding carboxylic acids is 2. The summed E-state index contributed by atoms with van der Waals surface area (Å²) >= 11 is 3.08. The molecule has 126 valence electrons. The maximum Gasteiger partial charge on any atom is 0.257 e. The molecule has 2 aromatic heterocycles. The fourth-order valence-electron chi connectivity index (χ4n) is 2.97. The van der Waals surface area contributed by atoms with E-state index in [1.54, 1.807) is 41.9 Å². The van der Waals surface area contributed by atoms with Crippen LogP contribution in [0.5, 0.6) is 0 Å². The van der Waals surface area contributed by atoms with E-state index in [9.17, 15) is 9.59 Å². The van der Waals surface area contributed by atoms with Crippen LogP contribution in [0.4, 0.5) is 0 Å². The number of thioether (sulfide) groups is 1. The summed E-state index contributed by atoms with van der Waals surface area (Å²) in [5.74, 6) is -0.553. The smallest absolute Gasteiger partial charge is 0.257 e. The molecule has 0 aliphatic heterocycles. The molecule has 0 bridgehead atoms. The van der Waals surface area contributed by atoms with E-state index in [1.165, 1.54) is 28.6 Å². The van der Waals surface area contributed by atoms with E-state index in [0.29, 0.717) is 5.56 Å². The molecule has 3 aromatic rings. The van der Waals surface area contributed by atoms with E-state index >= 15 is 0 Å². The largest absolute Gasteiger partial charge is 0.292 e. The molecule has 1 N–H and O–H groups in total. The fourth-order valence-corrected chi connectivity index (χ4v) is 5.09. The van der Waals surface area contributed by atoms with Crippen molar-refractivity contribution in [3.63, 3.8) is 0 Å². The second kappa shape index (κ2) is 6.93. The van der Waals surface area contributed by atoms with Gasteiger partial charge in [-0.25, -0.2) is 9.97 Å². The Labute approximate surface area is 152 Å². The van der Waals surface area contributed by atoms with Crippen molar-refractivity contribution in [3.8, 4) is 0 Å².